The minimum atomic E-state index is -1.38. The normalized spacial score (nSPS) is 24.4. The molecule has 0 aromatic heterocycles. The molecule has 0 aliphatic carbocycles. The van der Waals surface area contributed by atoms with Crippen molar-refractivity contribution in [3.05, 3.63) is 29.8 Å². The SMILES string of the molecule is CC(=O)OC[C@@H]1O[C@H](Oc2ccc(C(=O)OCCN3CCCCC3)cc2)[C@H](OC(C)=O)[C@@H](OC(C)=O)[C@@H]1OC(C)=O. The molecular formula is C28H37NO12. The molecule has 2 fully saturated rings. The molecule has 0 N–H and O–H groups in total. The van der Waals surface area contributed by atoms with Crippen molar-refractivity contribution in [2.75, 3.05) is 32.8 Å². The Labute approximate surface area is 238 Å². The molecule has 0 amide bonds. The number of nitrogens with zero attached hydrogens (tertiary/aromatic N) is 1. The monoisotopic (exact) mass is 579 g/mol. The number of likely N-dealkylation sites (tertiary alicyclic amines) is 1. The van der Waals surface area contributed by atoms with E-state index < -0.39 is 60.6 Å². The highest BCUT2D eigenvalue weighted by Gasteiger charge is 2.53. The van der Waals surface area contributed by atoms with Gasteiger partial charge in [-0.2, -0.15) is 0 Å². The molecule has 0 bridgehead atoms. The maximum absolute atomic E-state index is 12.5. The molecule has 2 aliphatic heterocycles. The number of benzene rings is 1. The molecule has 13 heteroatoms. The van der Waals surface area contributed by atoms with Gasteiger partial charge in [-0.1, -0.05) is 6.42 Å². The Morgan fingerprint density at radius 1 is 0.756 bits per heavy atom. The Kier molecular flexibility index (Phi) is 11.9. The fourth-order valence-electron chi connectivity index (χ4n) is 4.62. The first-order valence-electron chi connectivity index (χ1n) is 13.5. The van der Waals surface area contributed by atoms with Crippen molar-refractivity contribution < 1.29 is 57.1 Å². The van der Waals surface area contributed by atoms with Crippen LogP contribution in [-0.4, -0.2) is 98.3 Å². The van der Waals surface area contributed by atoms with Gasteiger partial charge >= 0.3 is 29.8 Å². The van der Waals surface area contributed by atoms with Crippen LogP contribution in [0.1, 0.15) is 57.3 Å². The summed E-state index contributed by atoms with van der Waals surface area (Å²) in [5.41, 5.74) is 0.303. The molecule has 2 heterocycles. The predicted octanol–water partition coefficient (Wildman–Crippen LogP) is 1.79. The Hall–Kier alpha value is -3.71. The number of carbonyl (C=O) groups is 5. The zero-order valence-electron chi connectivity index (χ0n) is 23.7. The summed E-state index contributed by atoms with van der Waals surface area (Å²) in [4.78, 5) is 62.0. The minimum Gasteiger partial charge on any atom is -0.463 e. The van der Waals surface area contributed by atoms with Crippen molar-refractivity contribution in [2.45, 2.75) is 77.7 Å². The van der Waals surface area contributed by atoms with E-state index in [1.807, 2.05) is 0 Å². The van der Waals surface area contributed by atoms with Crippen molar-refractivity contribution in [1.29, 1.82) is 0 Å². The number of ether oxygens (including phenoxy) is 7. The van der Waals surface area contributed by atoms with Crippen molar-refractivity contribution in [3.63, 3.8) is 0 Å². The molecule has 0 unspecified atom stereocenters. The standard InChI is InChI=1S/C28H37NO12/c1-17(30)36-16-23-24(37-18(2)31)25(38-19(3)32)26(39-20(4)33)28(41-23)40-22-10-8-21(9-11-22)27(34)35-15-14-29-12-6-5-7-13-29/h8-11,23-26,28H,5-7,12-16H2,1-4H3/t23-,24+,25-,26+,28-/m0/s1. The molecule has 13 nitrogen and oxygen atoms in total. The van der Waals surface area contributed by atoms with Gasteiger partial charge < -0.3 is 33.2 Å². The lowest BCUT2D eigenvalue weighted by molar-refractivity contribution is -0.288. The van der Waals surface area contributed by atoms with Gasteiger partial charge in [-0.3, -0.25) is 24.1 Å². The quantitative estimate of drug-likeness (QED) is 0.277. The molecule has 41 heavy (non-hydrogen) atoms. The highest BCUT2D eigenvalue weighted by atomic mass is 16.7. The lowest BCUT2D eigenvalue weighted by Crippen LogP contribution is -2.63. The summed E-state index contributed by atoms with van der Waals surface area (Å²) in [6, 6.07) is 6.00. The zero-order chi connectivity index (χ0) is 29.9. The molecular weight excluding hydrogens is 542 g/mol. The Bertz CT molecular complexity index is 1070. The van der Waals surface area contributed by atoms with Crippen LogP contribution in [0.4, 0.5) is 0 Å². The van der Waals surface area contributed by atoms with E-state index in [4.69, 9.17) is 33.2 Å². The topological polar surface area (TPSA) is 153 Å². The minimum absolute atomic E-state index is 0.218. The number of piperidine rings is 1. The fourth-order valence-corrected chi connectivity index (χ4v) is 4.62. The van der Waals surface area contributed by atoms with E-state index in [0.29, 0.717) is 12.1 Å². The van der Waals surface area contributed by atoms with E-state index in [1.165, 1.54) is 37.6 Å². The van der Waals surface area contributed by atoms with Crippen LogP contribution in [0.25, 0.3) is 0 Å². The lowest BCUT2D eigenvalue weighted by atomic mass is 9.98. The van der Waals surface area contributed by atoms with Gasteiger partial charge in [0, 0.05) is 34.2 Å². The lowest BCUT2D eigenvalue weighted by Gasteiger charge is -2.43. The van der Waals surface area contributed by atoms with Gasteiger partial charge in [-0.15, -0.1) is 0 Å². The van der Waals surface area contributed by atoms with Crippen LogP contribution in [0.15, 0.2) is 24.3 Å². The molecule has 226 valence electrons. The largest absolute Gasteiger partial charge is 0.463 e. The van der Waals surface area contributed by atoms with Crippen molar-refractivity contribution in [3.8, 4) is 5.75 Å². The van der Waals surface area contributed by atoms with Crippen LogP contribution in [0.5, 0.6) is 5.75 Å². The number of hydrogen-bond acceptors (Lipinski definition) is 13. The Balaban J connectivity index is 1.75. The average Bonchev–Trinajstić information content (AvgIpc) is 2.91. The summed E-state index contributed by atoms with van der Waals surface area (Å²) in [5, 5.41) is 0. The molecule has 3 rings (SSSR count). The molecule has 2 aliphatic rings. The highest BCUT2D eigenvalue weighted by Crippen LogP contribution is 2.31. The van der Waals surface area contributed by atoms with E-state index in [0.717, 1.165) is 46.7 Å². The zero-order valence-corrected chi connectivity index (χ0v) is 23.7. The molecule has 0 radical (unpaired) electrons. The van der Waals surface area contributed by atoms with Crippen LogP contribution in [0, 0.1) is 0 Å². The summed E-state index contributed by atoms with van der Waals surface area (Å²) >= 11 is 0. The van der Waals surface area contributed by atoms with Crippen LogP contribution in [0.3, 0.4) is 0 Å². The Morgan fingerprint density at radius 3 is 1.93 bits per heavy atom. The fraction of sp³-hybridized carbons (Fsp3) is 0.607. The second-order valence-corrected chi connectivity index (χ2v) is 9.75. The van der Waals surface area contributed by atoms with E-state index in [9.17, 15) is 24.0 Å². The first-order chi connectivity index (χ1) is 19.5. The van der Waals surface area contributed by atoms with Gasteiger partial charge in [0.05, 0.1) is 5.56 Å². The highest BCUT2D eigenvalue weighted by molar-refractivity contribution is 5.89. The maximum Gasteiger partial charge on any atom is 0.338 e. The van der Waals surface area contributed by atoms with Crippen molar-refractivity contribution in [1.82, 2.24) is 4.90 Å². The van der Waals surface area contributed by atoms with Crippen molar-refractivity contribution >= 4 is 29.8 Å². The first kappa shape index (κ1) is 31.8. The summed E-state index contributed by atoms with van der Waals surface area (Å²) in [7, 11) is 0. The summed E-state index contributed by atoms with van der Waals surface area (Å²) < 4.78 is 38.4. The van der Waals surface area contributed by atoms with Crippen LogP contribution in [0.2, 0.25) is 0 Å². The van der Waals surface area contributed by atoms with Crippen LogP contribution in [-0.2, 0) is 47.6 Å². The van der Waals surface area contributed by atoms with Crippen molar-refractivity contribution in [2.24, 2.45) is 0 Å². The molecule has 5 atom stereocenters. The van der Waals surface area contributed by atoms with E-state index in [1.54, 1.807) is 0 Å². The van der Waals surface area contributed by atoms with E-state index in [-0.39, 0.29) is 19.0 Å². The second kappa shape index (κ2) is 15.3. The Morgan fingerprint density at radius 2 is 1.34 bits per heavy atom. The van der Waals surface area contributed by atoms with Crippen LogP contribution >= 0.6 is 0 Å². The van der Waals surface area contributed by atoms with Gasteiger partial charge in [-0.25, -0.2) is 4.79 Å². The van der Waals surface area contributed by atoms with Gasteiger partial charge in [0.25, 0.3) is 0 Å². The second-order valence-electron chi connectivity index (χ2n) is 9.75. The number of carbonyl (C=O) groups excluding carboxylic acids is 5. The number of hydrogen-bond donors (Lipinski definition) is 0. The van der Waals surface area contributed by atoms with E-state index in [2.05, 4.69) is 4.90 Å². The van der Waals surface area contributed by atoms with Gasteiger partial charge in [0.15, 0.2) is 12.2 Å². The molecule has 0 saturated carbocycles. The third-order valence-electron chi connectivity index (χ3n) is 6.38. The number of esters is 5. The smallest absolute Gasteiger partial charge is 0.338 e. The number of rotatable bonds is 11. The maximum atomic E-state index is 12.5. The summed E-state index contributed by atoms with van der Waals surface area (Å²) in [5.74, 6) is -3.12. The third kappa shape index (κ3) is 10.0. The van der Waals surface area contributed by atoms with E-state index >= 15 is 0 Å². The van der Waals surface area contributed by atoms with Gasteiger partial charge in [0.1, 0.15) is 25.1 Å². The predicted molar refractivity (Wildman–Crippen MR) is 140 cm³/mol. The summed E-state index contributed by atoms with van der Waals surface area (Å²) in [6.45, 7) is 7.18. The molecule has 1 aromatic rings. The molecule has 0 spiro atoms. The third-order valence-corrected chi connectivity index (χ3v) is 6.38. The molecule has 2 saturated heterocycles. The first-order valence-corrected chi connectivity index (χ1v) is 13.5. The average molecular weight is 580 g/mol. The molecule has 1 aromatic carbocycles. The van der Waals surface area contributed by atoms with Gasteiger partial charge in [-0.05, 0) is 50.2 Å². The van der Waals surface area contributed by atoms with Crippen LogP contribution < -0.4 is 4.74 Å². The summed E-state index contributed by atoms with van der Waals surface area (Å²) in [6.07, 6.45) is -3.01. The van der Waals surface area contributed by atoms with Gasteiger partial charge in [0.2, 0.25) is 12.4 Å².